The number of hydrogen-bond donors (Lipinski definition) is 1. The maximum atomic E-state index is 11.0. The van der Waals surface area contributed by atoms with Gasteiger partial charge < -0.3 is 14.9 Å². The zero-order chi connectivity index (χ0) is 14.9. The van der Waals surface area contributed by atoms with E-state index in [1.807, 2.05) is 6.07 Å². The second-order valence-electron chi connectivity index (χ2n) is 5.80. The topological polar surface area (TPSA) is 43.8 Å². The minimum atomic E-state index is -0.899. The molecule has 0 spiro atoms. The number of halogens is 1. The van der Waals surface area contributed by atoms with Gasteiger partial charge in [0.15, 0.2) is 0 Å². The highest BCUT2D eigenvalue weighted by molar-refractivity contribution is 9.10. The molecule has 0 amide bonds. The number of benzene rings is 1. The fraction of sp³-hybridized carbons (Fsp3) is 0.533. The Morgan fingerprint density at radius 1 is 1.35 bits per heavy atom. The molecule has 1 aromatic carbocycles. The molecule has 0 aromatic heterocycles. The van der Waals surface area contributed by atoms with E-state index in [1.165, 1.54) is 19.3 Å². The standard InChI is InChI=1S/C15H21BrN2O2/c1-17(2)15(7-4-8-15)10-18(3)13-6-5-11(14(19)20)9-12(13)16/h5-6,9H,4,7-8,10H2,1-3H3,(H,19,20). The molecule has 0 heterocycles. The van der Waals surface area contributed by atoms with Crippen LogP contribution in [-0.2, 0) is 0 Å². The molecule has 20 heavy (non-hydrogen) atoms. The van der Waals surface area contributed by atoms with Gasteiger partial charge in [-0.25, -0.2) is 4.79 Å². The van der Waals surface area contributed by atoms with E-state index in [9.17, 15) is 4.79 Å². The summed E-state index contributed by atoms with van der Waals surface area (Å²) in [5, 5.41) is 9.00. The summed E-state index contributed by atoms with van der Waals surface area (Å²) in [4.78, 5) is 15.5. The predicted molar refractivity (Wildman–Crippen MR) is 84.6 cm³/mol. The first-order chi connectivity index (χ1) is 9.35. The molecule has 0 saturated heterocycles. The van der Waals surface area contributed by atoms with Crippen LogP contribution in [0.5, 0.6) is 0 Å². The van der Waals surface area contributed by atoms with Crippen molar-refractivity contribution in [1.29, 1.82) is 0 Å². The Hall–Kier alpha value is -1.07. The highest BCUT2D eigenvalue weighted by Crippen LogP contribution is 2.38. The molecule has 1 N–H and O–H groups in total. The quantitative estimate of drug-likeness (QED) is 0.894. The molecule has 1 fully saturated rings. The molecule has 0 bridgehead atoms. The van der Waals surface area contributed by atoms with Crippen LogP contribution in [-0.4, -0.2) is 49.2 Å². The van der Waals surface area contributed by atoms with Gasteiger partial charge in [-0.15, -0.1) is 0 Å². The summed E-state index contributed by atoms with van der Waals surface area (Å²) in [5.41, 5.74) is 1.59. The van der Waals surface area contributed by atoms with E-state index >= 15 is 0 Å². The largest absolute Gasteiger partial charge is 0.478 e. The van der Waals surface area contributed by atoms with Crippen LogP contribution in [0.25, 0.3) is 0 Å². The Labute approximate surface area is 128 Å². The lowest BCUT2D eigenvalue weighted by Crippen LogP contribution is -2.56. The molecule has 2 rings (SSSR count). The van der Waals surface area contributed by atoms with Gasteiger partial charge in [0.1, 0.15) is 0 Å². The first kappa shape index (κ1) is 15.3. The van der Waals surface area contributed by atoms with Gasteiger partial charge in [-0.2, -0.15) is 0 Å². The number of carboxylic acid groups (broad SMARTS) is 1. The molecule has 0 atom stereocenters. The van der Waals surface area contributed by atoms with Crippen molar-refractivity contribution in [2.24, 2.45) is 0 Å². The van der Waals surface area contributed by atoms with E-state index < -0.39 is 5.97 Å². The number of aromatic carboxylic acids is 1. The number of likely N-dealkylation sites (N-methyl/N-ethyl adjacent to an activating group) is 2. The highest BCUT2D eigenvalue weighted by atomic mass is 79.9. The van der Waals surface area contributed by atoms with E-state index in [2.05, 4.69) is 46.9 Å². The lowest BCUT2D eigenvalue weighted by atomic mass is 9.75. The third-order valence-corrected chi connectivity index (χ3v) is 5.01. The fourth-order valence-electron chi connectivity index (χ4n) is 2.81. The van der Waals surface area contributed by atoms with Gasteiger partial charge in [-0.1, -0.05) is 0 Å². The van der Waals surface area contributed by atoms with E-state index in [4.69, 9.17) is 5.11 Å². The molecule has 0 unspecified atom stereocenters. The first-order valence-corrected chi connectivity index (χ1v) is 7.56. The average Bonchev–Trinajstić information content (AvgIpc) is 2.32. The van der Waals surface area contributed by atoms with Crippen LogP contribution in [0.1, 0.15) is 29.6 Å². The van der Waals surface area contributed by atoms with E-state index in [0.29, 0.717) is 5.56 Å². The number of anilines is 1. The zero-order valence-electron chi connectivity index (χ0n) is 12.2. The molecule has 0 aliphatic heterocycles. The SMILES string of the molecule is CN(CC1(N(C)C)CCC1)c1ccc(C(=O)O)cc1Br. The molecule has 110 valence electrons. The molecule has 1 saturated carbocycles. The molecule has 5 heteroatoms. The van der Waals surface area contributed by atoms with Crippen LogP contribution >= 0.6 is 15.9 Å². The highest BCUT2D eigenvalue weighted by Gasteiger charge is 2.40. The molecule has 1 aliphatic rings. The smallest absolute Gasteiger partial charge is 0.335 e. The Morgan fingerprint density at radius 2 is 2.00 bits per heavy atom. The predicted octanol–water partition coefficient (Wildman–Crippen LogP) is 3.07. The monoisotopic (exact) mass is 340 g/mol. The normalized spacial score (nSPS) is 16.9. The summed E-state index contributed by atoms with van der Waals surface area (Å²) < 4.78 is 0.827. The summed E-state index contributed by atoms with van der Waals surface area (Å²) in [6.07, 6.45) is 3.72. The maximum Gasteiger partial charge on any atom is 0.335 e. The number of carbonyl (C=O) groups is 1. The number of carboxylic acids is 1. The second-order valence-corrected chi connectivity index (χ2v) is 6.65. The number of nitrogens with zero attached hydrogens (tertiary/aromatic N) is 2. The molecule has 4 nitrogen and oxygen atoms in total. The molecular formula is C15H21BrN2O2. The Morgan fingerprint density at radius 3 is 2.40 bits per heavy atom. The van der Waals surface area contributed by atoms with Crippen LogP contribution in [0.4, 0.5) is 5.69 Å². The molecular weight excluding hydrogens is 320 g/mol. The molecule has 1 aromatic rings. The van der Waals surface area contributed by atoms with Gasteiger partial charge in [0, 0.05) is 23.6 Å². The number of hydrogen-bond acceptors (Lipinski definition) is 3. The Balaban J connectivity index is 2.17. The van der Waals surface area contributed by atoms with Crippen molar-refractivity contribution < 1.29 is 9.90 Å². The zero-order valence-corrected chi connectivity index (χ0v) is 13.8. The fourth-order valence-corrected chi connectivity index (χ4v) is 3.49. The minimum absolute atomic E-state index is 0.250. The van der Waals surface area contributed by atoms with Gasteiger partial charge in [0.2, 0.25) is 0 Å². The van der Waals surface area contributed by atoms with Crippen molar-refractivity contribution in [3.63, 3.8) is 0 Å². The minimum Gasteiger partial charge on any atom is -0.478 e. The second kappa shape index (κ2) is 5.74. The van der Waals surface area contributed by atoms with Gasteiger partial charge >= 0.3 is 5.97 Å². The third kappa shape index (κ3) is 2.83. The molecule has 1 aliphatic carbocycles. The van der Waals surface area contributed by atoms with Crippen LogP contribution < -0.4 is 4.90 Å². The summed E-state index contributed by atoms with van der Waals surface area (Å²) in [6, 6.07) is 5.19. The van der Waals surface area contributed by atoms with Crippen LogP contribution in [0.2, 0.25) is 0 Å². The van der Waals surface area contributed by atoms with Crippen LogP contribution in [0.3, 0.4) is 0 Å². The summed E-state index contributed by atoms with van der Waals surface area (Å²) in [5.74, 6) is -0.899. The Kier molecular flexibility index (Phi) is 4.39. The maximum absolute atomic E-state index is 11.0. The van der Waals surface area contributed by atoms with Crippen molar-refractivity contribution in [2.75, 3.05) is 32.6 Å². The third-order valence-electron chi connectivity index (χ3n) is 4.37. The molecule has 0 radical (unpaired) electrons. The van der Waals surface area contributed by atoms with Crippen LogP contribution in [0, 0.1) is 0 Å². The average molecular weight is 341 g/mol. The van der Waals surface area contributed by atoms with Crippen molar-refractivity contribution in [1.82, 2.24) is 4.90 Å². The Bertz CT molecular complexity index is 513. The van der Waals surface area contributed by atoms with Gasteiger partial charge in [-0.05, 0) is 67.5 Å². The number of rotatable bonds is 5. The summed E-state index contributed by atoms with van der Waals surface area (Å²) >= 11 is 3.48. The van der Waals surface area contributed by atoms with Crippen LogP contribution in [0.15, 0.2) is 22.7 Å². The first-order valence-electron chi connectivity index (χ1n) is 6.77. The van der Waals surface area contributed by atoms with Gasteiger partial charge in [-0.3, -0.25) is 0 Å². The van der Waals surface area contributed by atoms with Gasteiger partial charge in [0.25, 0.3) is 0 Å². The lowest BCUT2D eigenvalue weighted by molar-refractivity contribution is 0.0682. The van der Waals surface area contributed by atoms with E-state index in [0.717, 1.165) is 16.7 Å². The summed E-state index contributed by atoms with van der Waals surface area (Å²) in [7, 11) is 6.33. The van der Waals surface area contributed by atoms with Crippen molar-refractivity contribution in [3.8, 4) is 0 Å². The van der Waals surface area contributed by atoms with Crippen molar-refractivity contribution in [3.05, 3.63) is 28.2 Å². The van der Waals surface area contributed by atoms with Crippen molar-refractivity contribution >= 4 is 27.6 Å². The van der Waals surface area contributed by atoms with E-state index in [-0.39, 0.29) is 5.54 Å². The summed E-state index contributed by atoms with van der Waals surface area (Å²) in [6.45, 7) is 0.949. The van der Waals surface area contributed by atoms with Gasteiger partial charge in [0.05, 0.1) is 11.3 Å². The van der Waals surface area contributed by atoms with Crippen molar-refractivity contribution in [2.45, 2.75) is 24.8 Å². The van der Waals surface area contributed by atoms with E-state index in [1.54, 1.807) is 12.1 Å². The lowest BCUT2D eigenvalue weighted by Gasteiger charge is -2.49.